The number of carbonyl (C=O) groups excluding carboxylic acids is 1. The molecule has 0 spiro atoms. The number of ether oxygens (including phenoxy) is 2. The Labute approximate surface area is 266 Å². The monoisotopic (exact) mass is 632 g/mol. The lowest BCUT2D eigenvalue weighted by Crippen LogP contribution is -2.62. The van der Waals surface area contributed by atoms with E-state index in [-0.39, 0.29) is 43.5 Å². The molecule has 3 aromatic rings. The summed E-state index contributed by atoms with van der Waals surface area (Å²) in [5.41, 5.74) is 2.61. The molecule has 2 unspecified atom stereocenters. The van der Waals surface area contributed by atoms with Gasteiger partial charge in [0.15, 0.2) is 12.0 Å². The Hall–Kier alpha value is -4.42. The number of nitrogens with zero attached hydrogens (tertiary/aromatic N) is 7. The van der Waals surface area contributed by atoms with Crippen LogP contribution in [0.15, 0.2) is 48.8 Å². The molecule has 1 amide bonds. The summed E-state index contributed by atoms with van der Waals surface area (Å²) in [6.07, 6.45) is -1.89. The van der Waals surface area contributed by atoms with Gasteiger partial charge in [0, 0.05) is 49.5 Å². The minimum Gasteiger partial charge on any atom is -0.486 e. The third-order valence-corrected chi connectivity index (χ3v) is 8.68. The third-order valence-electron chi connectivity index (χ3n) is 8.68. The Bertz CT molecular complexity index is 1570. The van der Waals surface area contributed by atoms with Crippen LogP contribution in [0.1, 0.15) is 18.9 Å². The molecule has 1 aromatic heterocycles. The number of hydrogen-bond donors (Lipinski definition) is 3. The number of alkyl halides is 1. The van der Waals surface area contributed by atoms with Crippen LogP contribution in [0.5, 0.6) is 5.75 Å². The fourth-order valence-corrected chi connectivity index (χ4v) is 6.04. The summed E-state index contributed by atoms with van der Waals surface area (Å²) < 4.78 is 26.1. The second-order valence-electron chi connectivity index (χ2n) is 11.8. The Balaban J connectivity index is 1.08. The van der Waals surface area contributed by atoms with E-state index < -0.39 is 24.3 Å². The molecule has 0 bridgehead atoms. The van der Waals surface area contributed by atoms with E-state index in [1.165, 1.54) is 18.2 Å². The number of halogens is 1. The number of carbonyl (C=O) groups is 1. The lowest BCUT2D eigenvalue weighted by molar-refractivity contribution is -0.143. The van der Waals surface area contributed by atoms with Crippen molar-refractivity contribution in [2.75, 3.05) is 62.8 Å². The number of aromatic nitrogens is 3. The fraction of sp³-hybridized carbons (Fsp3) is 0.469. The molecule has 0 aliphatic carbocycles. The van der Waals surface area contributed by atoms with Gasteiger partial charge in [0.1, 0.15) is 30.4 Å². The second kappa shape index (κ2) is 13.9. The highest BCUT2D eigenvalue weighted by Crippen LogP contribution is 2.29. The molecule has 3 N–H and O–H groups in total. The number of nitrogens with one attached hydrogen (secondary N) is 1. The van der Waals surface area contributed by atoms with E-state index >= 15 is 0 Å². The average molecular weight is 633 g/mol. The topological polar surface area (TPSA) is 160 Å². The van der Waals surface area contributed by atoms with Gasteiger partial charge in [-0.3, -0.25) is 9.69 Å². The van der Waals surface area contributed by atoms with Crippen molar-refractivity contribution in [3.8, 4) is 23.2 Å². The number of anilines is 3. The van der Waals surface area contributed by atoms with Crippen molar-refractivity contribution in [2.24, 2.45) is 0 Å². The quantitative estimate of drug-likeness (QED) is 0.314. The van der Waals surface area contributed by atoms with Gasteiger partial charge in [-0.25, -0.2) is 14.4 Å². The molecule has 13 nitrogen and oxygen atoms in total. The van der Waals surface area contributed by atoms with Crippen LogP contribution < -0.4 is 15.0 Å². The second-order valence-corrected chi connectivity index (χ2v) is 11.8. The molecule has 3 aliphatic heterocycles. The molecule has 0 saturated carbocycles. The van der Waals surface area contributed by atoms with Crippen LogP contribution in [0.25, 0.3) is 11.4 Å². The van der Waals surface area contributed by atoms with E-state index in [0.29, 0.717) is 23.4 Å². The summed E-state index contributed by atoms with van der Waals surface area (Å²) in [5.74, 6) is 0.376. The zero-order valence-electron chi connectivity index (χ0n) is 25.5. The van der Waals surface area contributed by atoms with Crippen molar-refractivity contribution in [3.05, 3.63) is 54.4 Å². The molecule has 14 heteroatoms. The van der Waals surface area contributed by atoms with Gasteiger partial charge >= 0.3 is 0 Å². The number of nitriles is 1. The van der Waals surface area contributed by atoms with Crippen molar-refractivity contribution >= 4 is 23.2 Å². The van der Waals surface area contributed by atoms with Crippen LogP contribution in [0.4, 0.5) is 21.7 Å². The number of likely N-dealkylation sites (tertiary alicyclic amines) is 1. The van der Waals surface area contributed by atoms with Crippen LogP contribution in [0.2, 0.25) is 0 Å². The Kier molecular flexibility index (Phi) is 9.55. The lowest BCUT2D eigenvalue weighted by Gasteiger charge is -2.47. The molecule has 4 heterocycles. The highest BCUT2D eigenvalue weighted by Gasteiger charge is 2.36. The van der Waals surface area contributed by atoms with Gasteiger partial charge in [-0.1, -0.05) is 0 Å². The number of aliphatic hydroxyl groups is 2. The highest BCUT2D eigenvalue weighted by atomic mass is 19.1. The van der Waals surface area contributed by atoms with Gasteiger partial charge in [-0.15, -0.1) is 0 Å². The number of aliphatic hydroxyl groups excluding tert-OH is 2. The normalized spacial score (nSPS) is 22.9. The molecular weight excluding hydrogens is 595 g/mol. The molecule has 46 heavy (non-hydrogen) atoms. The zero-order valence-corrected chi connectivity index (χ0v) is 25.5. The Morgan fingerprint density at radius 1 is 1.17 bits per heavy atom. The van der Waals surface area contributed by atoms with Crippen LogP contribution in [0.3, 0.4) is 0 Å². The predicted molar refractivity (Wildman–Crippen MR) is 166 cm³/mol. The molecule has 0 radical (unpaired) electrons. The first-order chi connectivity index (χ1) is 22.3. The fourth-order valence-electron chi connectivity index (χ4n) is 6.04. The number of benzene rings is 2. The van der Waals surface area contributed by atoms with Gasteiger partial charge in [-0.05, 0) is 49.4 Å². The standard InChI is InChI=1S/C32H37FN8O5/c1-20(43)31(44)40-9-8-29(27(33)15-40)46-28-7-2-21(12-22(28)13-34)30-35-19-36-32(38-30)37-23-3-5-24(6-4-23)39-10-11-41(25(14-39)16-42)26-17-45-18-26/h2-7,12,19-20,25-27,29,42-43H,8-11,14-18H2,1H3,(H,35,36,37,38)/t20?,25?,27-,29+/m1/s1. The Morgan fingerprint density at radius 2 is 1.98 bits per heavy atom. The van der Waals surface area contributed by atoms with Crippen molar-refractivity contribution in [1.29, 1.82) is 5.26 Å². The minimum atomic E-state index is -1.47. The van der Waals surface area contributed by atoms with E-state index in [4.69, 9.17) is 9.47 Å². The summed E-state index contributed by atoms with van der Waals surface area (Å²) in [6, 6.07) is 15.4. The summed E-state index contributed by atoms with van der Waals surface area (Å²) >= 11 is 0. The maximum atomic E-state index is 14.9. The summed E-state index contributed by atoms with van der Waals surface area (Å²) in [4.78, 5) is 31.0. The maximum Gasteiger partial charge on any atom is 0.251 e. The molecular formula is C32H37FN8O5. The van der Waals surface area contributed by atoms with Crippen molar-refractivity contribution in [2.45, 2.75) is 43.8 Å². The van der Waals surface area contributed by atoms with E-state index in [9.17, 15) is 24.7 Å². The smallest absolute Gasteiger partial charge is 0.251 e. The Morgan fingerprint density at radius 3 is 2.65 bits per heavy atom. The molecule has 3 aliphatic rings. The summed E-state index contributed by atoms with van der Waals surface area (Å²) in [5, 5.41) is 32.5. The number of rotatable bonds is 9. The predicted octanol–water partition coefficient (Wildman–Crippen LogP) is 1.73. The van der Waals surface area contributed by atoms with E-state index in [1.54, 1.807) is 18.2 Å². The zero-order chi connectivity index (χ0) is 32.2. The molecule has 3 fully saturated rings. The first kappa shape index (κ1) is 31.6. The van der Waals surface area contributed by atoms with E-state index in [1.807, 2.05) is 24.3 Å². The van der Waals surface area contributed by atoms with Gasteiger partial charge in [0.05, 0.1) is 44.0 Å². The van der Waals surface area contributed by atoms with Crippen LogP contribution in [-0.2, 0) is 9.53 Å². The molecule has 242 valence electrons. The van der Waals surface area contributed by atoms with Gasteiger partial charge in [-0.2, -0.15) is 10.2 Å². The largest absolute Gasteiger partial charge is 0.486 e. The highest BCUT2D eigenvalue weighted by molar-refractivity contribution is 5.80. The van der Waals surface area contributed by atoms with E-state index in [2.05, 4.69) is 36.1 Å². The third kappa shape index (κ3) is 6.87. The number of piperidine rings is 1. The average Bonchev–Trinajstić information content (AvgIpc) is 3.05. The van der Waals surface area contributed by atoms with Crippen molar-refractivity contribution in [1.82, 2.24) is 24.8 Å². The first-order valence-electron chi connectivity index (χ1n) is 15.4. The van der Waals surface area contributed by atoms with Gasteiger partial charge < -0.3 is 34.8 Å². The van der Waals surface area contributed by atoms with E-state index in [0.717, 1.165) is 44.2 Å². The summed E-state index contributed by atoms with van der Waals surface area (Å²) in [6.45, 7) is 5.45. The molecule has 4 atom stereocenters. The minimum absolute atomic E-state index is 0.0680. The van der Waals surface area contributed by atoms with Crippen LogP contribution in [-0.4, -0.2) is 124 Å². The van der Waals surface area contributed by atoms with Gasteiger partial charge in [0.25, 0.3) is 5.91 Å². The number of hydrogen-bond acceptors (Lipinski definition) is 12. The van der Waals surface area contributed by atoms with Crippen LogP contribution >= 0.6 is 0 Å². The molecule has 3 saturated heterocycles. The number of amides is 1. The molecule has 2 aromatic carbocycles. The lowest BCUT2D eigenvalue weighted by atomic mass is 10.0. The summed E-state index contributed by atoms with van der Waals surface area (Å²) in [7, 11) is 0. The molecule has 6 rings (SSSR count). The van der Waals surface area contributed by atoms with Crippen molar-refractivity contribution in [3.63, 3.8) is 0 Å². The van der Waals surface area contributed by atoms with Gasteiger partial charge in [0.2, 0.25) is 5.95 Å². The SMILES string of the molecule is CC(O)C(=O)N1CC[C@H](Oc2ccc(-c3ncnc(Nc4ccc(N5CCN(C6COC6)C(CO)C5)cc4)n3)cc2C#N)[C@H](F)C1. The first-order valence-corrected chi connectivity index (χ1v) is 15.4. The van der Waals surface area contributed by atoms with Crippen LogP contribution in [0, 0.1) is 11.3 Å². The number of piperazine rings is 1. The maximum absolute atomic E-state index is 14.9. The van der Waals surface area contributed by atoms with Crippen molar-refractivity contribution < 1.29 is 28.9 Å².